The van der Waals surface area contributed by atoms with Gasteiger partial charge in [0.1, 0.15) is 0 Å². The molecule has 21 heavy (non-hydrogen) atoms. The Balaban J connectivity index is 1.70. The molecule has 1 aromatic heterocycles. The van der Waals surface area contributed by atoms with Crippen LogP contribution in [0.3, 0.4) is 0 Å². The summed E-state index contributed by atoms with van der Waals surface area (Å²) in [4.78, 5) is 18.2. The number of amides is 2. The highest BCUT2D eigenvalue weighted by Gasteiger charge is 2.21. The van der Waals surface area contributed by atoms with Gasteiger partial charge in [-0.1, -0.05) is 0 Å². The van der Waals surface area contributed by atoms with E-state index < -0.39 is 0 Å². The maximum Gasteiger partial charge on any atom is 0.315 e. The van der Waals surface area contributed by atoms with Gasteiger partial charge in [0.25, 0.3) is 0 Å². The number of urea groups is 1. The lowest BCUT2D eigenvalue weighted by atomic mass is 9.87. The fraction of sp³-hybridized carbons (Fsp3) is 0.714. The summed E-state index contributed by atoms with van der Waals surface area (Å²) >= 11 is 1.57. The summed E-state index contributed by atoms with van der Waals surface area (Å²) in [5.41, 5.74) is 0.878. The lowest BCUT2D eigenvalue weighted by Gasteiger charge is -2.27. The van der Waals surface area contributed by atoms with E-state index in [4.69, 9.17) is 5.11 Å². The molecule has 118 valence electrons. The van der Waals surface area contributed by atoms with Crippen LogP contribution >= 0.6 is 11.3 Å². The fourth-order valence-electron chi connectivity index (χ4n) is 2.48. The maximum absolute atomic E-state index is 11.9. The summed E-state index contributed by atoms with van der Waals surface area (Å²) in [6, 6.07) is 0.0856. The zero-order chi connectivity index (χ0) is 15.2. The van der Waals surface area contributed by atoms with Crippen molar-refractivity contribution in [3.05, 3.63) is 11.1 Å². The van der Waals surface area contributed by atoms with Gasteiger partial charge in [-0.15, -0.1) is 11.3 Å². The Bertz CT molecular complexity index is 456. The van der Waals surface area contributed by atoms with E-state index in [1.165, 1.54) is 0 Å². The number of aliphatic hydroxyl groups excluding tert-OH is 1. The van der Waals surface area contributed by atoms with Crippen molar-refractivity contribution >= 4 is 22.5 Å². The van der Waals surface area contributed by atoms with E-state index in [0.717, 1.165) is 36.5 Å². The van der Waals surface area contributed by atoms with Crippen LogP contribution in [0, 0.1) is 5.92 Å². The monoisotopic (exact) mass is 312 g/mol. The van der Waals surface area contributed by atoms with Gasteiger partial charge in [-0.25, -0.2) is 9.78 Å². The smallest absolute Gasteiger partial charge is 0.315 e. The molecule has 7 heteroatoms. The van der Waals surface area contributed by atoms with E-state index in [9.17, 15) is 4.79 Å². The molecule has 1 aliphatic carbocycles. The first-order valence-electron chi connectivity index (χ1n) is 7.35. The number of hydrogen-bond acceptors (Lipinski definition) is 5. The number of rotatable bonds is 5. The maximum atomic E-state index is 11.9. The van der Waals surface area contributed by atoms with Crippen LogP contribution in [-0.2, 0) is 6.54 Å². The van der Waals surface area contributed by atoms with Gasteiger partial charge in [-0.05, 0) is 31.6 Å². The van der Waals surface area contributed by atoms with Gasteiger partial charge in [0.15, 0.2) is 5.13 Å². The Labute approximate surface area is 129 Å². The van der Waals surface area contributed by atoms with Gasteiger partial charge < -0.3 is 20.6 Å². The molecule has 1 aromatic rings. The molecule has 0 spiro atoms. The third-order valence-corrected chi connectivity index (χ3v) is 4.85. The third kappa shape index (κ3) is 4.86. The summed E-state index contributed by atoms with van der Waals surface area (Å²) < 4.78 is 0. The molecule has 2 amide bonds. The quantitative estimate of drug-likeness (QED) is 0.771. The minimum Gasteiger partial charge on any atom is -0.396 e. The molecule has 1 aliphatic rings. The second kappa shape index (κ2) is 7.61. The summed E-state index contributed by atoms with van der Waals surface area (Å²) in [6.07, 6.45) is 3.86. The Hall–Kier alpha value is -1.34. The van der Waals surface area contributed by atoms with E-state index in [1.54, 1.807) is 11.3 Å². The molecule has 0 unspecified atom stereocenters. The van der Waals surface area contributed by atoms with Crippen LogP contribution in [0.4, 0.5) is 9.93 Å². The number of anilines is 1. The Morgan fingerprint density at radius 3 is 2.71 bits per heavy atom. The van der Waals surface area contributed by atoms with E-state index in [0.29, 0.717) is 12.5 Å². The molecule has 0 saturated heterocycles. The molecule has 1 fully saturated rings. The average molecular weight is 312 g/mol. The largest absolute Gasteiger partial charge is 0.396 e. The van der Waals surface area contributed by atoms with Crippen molar-refractivity contribution in [3.8, 4) is 0 Å². The van der Waals surface area contributed by atoms with Crippen LogP contribution < -0.4 is 15.5 Å². The van der Waals surface area contributed by atoms with Crippen molar-refractivity contribution in [2.24, 2.45) is 5.92 Å². The lowest BCUT2D eigenvalue weighted by molar-refractivity contribution is 0.174. The van der Waals surface area contributed by atoms with Gasteiger partial charge in [-0.3, -0.25) is 0 Å². The molecule has 3 N–H and O–H groups in total. The topological polar surface area (TPSA) is 77.5 Å². The molecule has 0 aromatic carbocycles. The second-order valence-electron chi connectivity index (χ2n) is 5.74. The summed E-state index contributed by atoms with van der Waals surface area (Å²) in [6.45, 7) is 0.707. The Morgan fingerprint density at radius 2 is 2.14 bits per heavy atom. The highest BCUT2D eigenvalue weighted by molar-refractivity contribution is 7.13. The number of nitrogens with zero attached hydrogens (tertiary/aromatic N) is 2. The molecule has 0 bridgehead atoms. The molecule has 0 atom stereocenters. The summed E-state index contributed by atoms with van der Waals surface area (Å²) in [5.74, 6) is 0.408. The van der Waals surface area contributed by atoms with Crippen molar-refractivity contribution in [1.82, 2.24) is 15.6 Å². The van der Waals surface area contributed by atoms with Crippen molar-refractivity contribution < 1.29 is 9.90 Å². The number of aliphatic hydroxyl groups is 1. The van der Waals surface area contributed by atoms with E-state index in [2.05, 4.69) is 15.6 Å². The van der Waals surface area contributed by atoms with Crippen molar-refractivity contribution in [3.63, 3.8) is 0 Å². The minimum absolute atomic E-state index is 0.137. The standard InChI is InChI=1S/C14H24N4O2S/c1-18(2)14-17-12(9-21-14)7-15-13(20)16-11-5-3-10(8-19)4-6-11/h9-11,19H,3-8H2,1-2H3,(H2,15,16,20). The molecule has 2 rings (SSSR count). The van der Waals surface area contributed by atoms with Gasteiger partial charge in [0.2, 0.25) is 0 Å². The van der Waals surface area contributed by atoms with Gasteiger partial charge in [-0.2, -0.15) is 0 Å². The van der Waals surface area contributed by atoms with Crippen LogP contribution in [-0.4, -0.2) is 42.9 Å². The highest BCUT2D eigenvalue weighted by atomic mass is 32.1. The average Bonchev–Trinajstić information content (AvgIpc) is 2.95. The molecule has 0 aliphatic heterocycles. The Morgan fingerprint density at radius 1 is 1.43 bits per heavy atom. The minimum atomic E-state index is -0.137. The number of nitrogens with one attached hydrogen (secondary N) is 2. The SMILES string of the molecule is CN(C)c1nc(CNC(=O)NC2CCC(CO)CC2)cs1. The number of aromatic nitrogens is 1. The first-order valence-corrected chi connectivity index (χ1v) is 8.23. The lowest BCUT2D eigenvalue weighted by Crippen LogP contribution is -2.43. The Kier molecular flexibility index (Phi) is 5.81. The first kappa shape index (κ1) is 16.0. The fourth-order valence-corrected chi connectivity index (χ4v) is 3.24. The van der Waals surface area contributed by atoms with Gasteiger partial charge in [0.05, 0.1) is 12.2 Å². The van der Waals surface area contributed by atoms with Crippen LogP contribution in [0.5, 0.6) is 0 Å². The highest BCUT2D eigenvalue weighted by Crippen LogP contribution is 2.23. The first-order chi connectivity index (χ1) is 10.1. The van der Waals surface area contributed by atoms with E-state index in [1.807, 2.05) is 24.4 Å². The number of hydrogen-bond donors (Lipinski definition) is 3. The van der Waals surface area contributed by atoms with Crippen LogP contribution in [0.1, 0.15) is 31.4 Å². The molecule has 6 nitrogen and oxygen atoms in total. The van der Waals surface area contributed by atoms with Gasteiger partial charge in [0, 0.05) is 32.1 Å². The van der Waals surface area contributed by atoms with Crippen molar-refractivity contribution in [2.45, 2.75) is 38.3 Å². The van der Waals surface area contributed by atoms with Crippen LogP contribution in [0.2, 0.25) is 0 Å². The molecule has 1 saturated carbocycles. The predicted molar refractivity (Wildman–Crippen MR) is 84.6 cm³/mol. The van der Waals surface area contributed by atoms with Crippen molar-refractivity contribution in [2.75, 3.05) is 25.6 Å². The van der Waals surface area contributed by atoms with E-state index >= 15 is 0 Å². The third-order valence-electron chi connectivity index (χ3n) is 3.79. The number of thiazole rings is 1. The zero-order valence-corrected chi connectivity index (χ0v) is 13.4. The zero-order valence-electron chi connectivity index (χ0n) is 12.6. The van der Waals surface area contributed by atoms with Crippen LogP contribution in [0.15, 0.2) is 5.38 Å². The van der Waals surface area contributed by atoms with E-state index in [-0.39, 0.29) is 18.7 Å². The molecular weight excluding hydrogens is 288 g/mol. The predicted octanol–water partition coefficient (Wildman–Crippen LogP) is 1.56. The number of carbonyl (C=O) groups excluding carboxylic acids is 1. The van der Waals surface area contributed by atoms with Crippen LogP contribution in [0.25, 0.3) is 0 Å². The van der Waals surface area contributed by atoms with Crippen molar-refractivity contribution in [1.29, 1.82) is 0 Å². The summed E-state index contributed by atoms with van der Waals surface area (Å²) in [7, 11) is 3.90. The molecule has 0 radical (unpaired) electrons. The molecule has 1 heterocycles. The number of carbonyl (C=O) groups is 1. The summed E-state index contributed by atoms with van der Waals surface area (Å²) in [5, 5.41) is 17.8. The normalized spacial score (nSPS) is 21.9. The van der Waals surface area contributed by atoms with Gasteiger partial charge >= 0.3 is 6.03 Å². The molecular formula is C14H24N4O2S. The second-order valence-corrected chi connectivity index (χ2v) is 6.58.